The first kappa shape index (κ1) is 24.7. The summed E-state index contributed by atoms with van der Waals surface area (Å²) in [6.45, 7) is 5.52. The second kappa shape index (κ2) is 10.5. The average molecular weight is 494 g/mol. The summed E-state index contributed by atoms with van der Waals surface area (Å²) in [6.07, 6.45) is 4.18. The number of carboxylic acids is 1. The van der Waals surface area contributed by atoms with Crippen LogP contribution in [0.2, 0.25) is 0 Å². The number of anilines is 2. The zero-order valence-corrected chi connectivity index (χ0v) is 20.8. The Morgan fingerprint density at radius 3 is 2.34 bits per heavy atom. The first-order chi connectivity index (χ1) is 16.7. The van der Waals surface area contributed by atoms with Crippen LogP contribution in [0, 0.1) is 5.92 Å². The maximum atomic E-state index is 13.1. The Hall–Kier alpha value is -3.39. The molecule has 0 saturated carbocycles. The van der Waals surface area contributed by atoms with E-state index >= 15 is 0 Å². The van der Waals surface area contributed by atoms with E-state index in [1.54, 1.807) is 24.3 Å². The highest BCUT2D eigenvalue weighted by molar-refractivity contribution is 7.92. The van der Waals surface area contributed by atoms with E-state index in [0.717, 1.165) is 24.8 Å². The van der Waals surface area contributed by atoms with E-state index in [1.165, 1.54) is 17.8 Å². The topological polar surface area (TPSA) is 99.6 Å². The predicted molar refractivity (Wildman–Crippen MR) is 138 cm³/mol. The van der Waals surface area contributed by atoms with Gasteiger partial charge in [-0.3, -0.25) is 4.72 Å². The number of benzene rings is 2. The molecule has 184 valence electrons. The molecule has 0 aliphatic carbocycles. The Bertz CT molecular complexity index is 1270. The summed E-state index contributed by atoms with van der Waals surface area (Å²) < 4.78 is 28.9. The summed E-state index contributed by atoms with van der Waals surface area (Å²) in [4.78, 5) is 18.1. The molecule has 35 heavy (non-hydrogen) atoms. The third-order valence-electron chi connectivity index (χ3n) is 6.50. The fourth-order valence-corrected chi connectivity index (χ4v) is 5.49. The number of carboxylic acid groups (broad SMARTS) is 1. The van der Waals surface area contributed by atoms with Crippen LogP contribution >= 0.6 is 0 Å². The second-order valence-electron chi connectivity index (χ2n) is 9.35. The summed E-state index contributed by atoms with van der Waals surface area (Å²) in [5, 5.41) is 9.45. The van der Waals surface area contributed by atoms with Crippen LogP contribution in [0.5, 0.6) is 0 Å². The number of pyridine rings is 1. The third kappa shape index (κ3) is 6.00. The van der Waals surface area contributed by atoms with Crippen LogP contribution < -0.4 is 9.62 Å². The number of sulfonamides is 1. The van der Waals surface area contributed by atoms with Gasteiger partial charge in [-0.15, -0.1) is 0 Å². The SMILES string of the molecule is CC(C)c1ccc(S(=O)(=O)Nc2cc(C(=O)O)cnc2N2CCC(Cc3ccccc3)CC2)cc1. The third-order valence-corrected chi connectivity index (χ3v) is 7.88. The smallest absolute Gasteiger partial charge is 0.337 e. The van der Waals surface area contributed by atoms with Crippen LogP contribution in [0.1, 0.15) is 54.1 Å². The predicted octanol–water partition coefficient (Wildman–Crippen LogP) is 5.16. The Morgan fingerprint density at radius 1 is 1.09 bits per heavy atom. The Morgan fingerprint density at radius 2 is 1.74 bits per heavy atom. The molecule has 8 heteroatoms. The second-order valence-corrected chi connectivity index (χ2v) is 11.0. The average Bonchev–Trinajstić information content (AvgIpc) is 2.85. The number of carbonyl (C=O) groups is 1. The lowest BCUT2D eigenvalue weighted by Crippen LogP contribution is -2.35. The van der Waals surface area contributed by atoms with Gasteiger partial charge in [-0.2, -0.15) is 0 Å². The van der Waals surface area contributed by atoms with Gasteiger partial charge in [0.2, 0.25) is 0 Å². The van der Waals surface area contributed by atoms with Gasteiger partial charge in [-0.05, 0) is 60.4 Å². The van der Waals surface area contributed by atoms with Gasteiger partial charge in [-0.25, -0.2) is 18.2 Å². The lowest BCUT2D eigenvalue weighted by molar-refractivity contribution is 0.0696. The van der Waals surface area contributed by atoms with E-state index in [2.05, 4.69) is 21.8 Å². The van der Waals surface area contributed by atoms with E-state index < -0.39 is 16.0 Å². The van der Waals surface area contributed by atoms with Gasteiger partial charge in [-0.1, -0.05) is 56.3 Å². The van der Waals surface area contributed by atoms with Gasteiger partial charge in [0.25, 0.3) is 10.0 Å². The van der Waals surface area contributed by atoms with Crippen LogP contribution in [-0.2, 0) is 16.4 Å². The highest BCUT2D eigenvalue weighted by Gasteiger charge is 2.25. The minimum atomic E-state index is -3.92. The van der Waals surface area contributed by atoms with E-state index in [1.807, 2.05) is 36.9 Å². The minimum absolute atomic E-state index is 0.0689. The maximum absolute atomic E-state index is 13.1. The molecule has 4 rings (SSSR count). The molecule has 2 N–H and O–H groups in total. The summed E-state index contributed by atoms with van der Waals surface area (Å²) in [7, 11) is -3.92. The zero-order chi connectivity index (χ0) is 25.0. The molecule has 0 atom stereocenters. The maximum Gasteiger partial charge on any atom is 0.337 e. The van der Waals surface area contributed by atoms with Crippen molar-refractivity contribution in [3.8, 4) is 0 Å². The van der Waals surface area contributed by atoms with Crippen molar-refractivity contribution in [3.63, 3.8) is 0 Å². The van der Waals surface area contributed by atoms with Gasteiger partial charge in [0.1, 0.15) is 0 Å². The van der Waals surface area contributed by atoms with Gasteiger partial charge in [0.15, 0.2) is 5.82 Å². The molecule has 0 spiro atoms. The van der Waals surface area contributed by atoms with Crippen LogP contribution in [0.15, 0.2) is 71.8 Å². The van der Waals surface area contributed by atoms with Crippen molar-refractivity contribution in [1.82, 2.24) is 4.98 Å². The number of rotatable bonds is 8. The molecule has 1 aliphatic heterocycles. The molecule has 3 aromatic rings. The summed E-state index contributed by atoms with van der Waals surface area (Å²) in [5.41, 5.74) is 2.46. The van der Waals surface area contributed by atoms with Crippen molar-refractivity contribution in [2.24, 2.45) is 5.92 Å². The molecule has 0 amide bonds. The van der Waals surface area contributed by atoms with Gasteiger partial charge < -0.3 is 10.0 Å². The minimum Gasteiger partial charge on any atom is -0.478 e. The van der Waals surface area contributed by atoms with Crippen molar-refractivity contribution in [1.29, 1.82) is 0 Å². The van der Waals surface area contributed by atoms with Crippen LogP contribution in [0.25, 0.3) is 0 Å². The van der Waals surface area contributed by atoms with Gasteiger partial charge in [0, 0.05) is 19.3 Å². The van der Waals surface area contributed by atoms with E-state index in [-0.39, 0.29) is 22.1 Å². The summed E-state index contributed by atoms with van der Waals surface area (Å²) in [6, 6.07) is 18.5. The number of piperidine rings is 1. The van der Waals surface area contributed by atoms with Crippen LogP contribution in [0.4, 0.5) is 11.5 Å². The lowest BCUT2D eigenvalue weighted by Gasteiger charge is -2.34. The normalized spacial score (nSPS) is 14.8. The van der Waals surface area contributed by atoms with Crippen LogP contribution in [-0.4, -0.2) is 37.6 Å². The van der Waals surface area contributed by atoms with Gasteiger partial charge >= 0.3 is 5.97 Å². The zero-order valence-electron chi connectivity index (χ0n) is 20.0. The quantitative estimate of drug-likeness (QED) is 0.449. The van der Waals surface area contributed by atoms with E-state index in [9.17, 15) is 18.3 Å². The van der Waals surface area contributed by atoms with Gasteiger partial charge in [0.05, 0.1) is 16.1 Å². The fraction of sp³-hybridized carbons (Fsp3) is 0.333. The molecule has 1 saturated heterocycles. The molecule has 1 aromatic heterocycles. The van der Waals surface area contributed by atoms with Crippen molar-refractivity contribution in [2.45, 2.75) is 43.9 Å². The number of nitrogens with one attached hydrogen (secondary N) is 1. The molecule has 7 nitrogen and oxygen atoms in total. The summed E-state index contributed by atoms with van der Waals surface area (Å²) >= 11 is 0. The summed E-state index contributed by atoms with van der Waals surface area (Å²) in [5.74, 6) is 0.113. The van der Waals surface area contributed by atoms with Crippen molar-refractivity contribution in [2.75, 3.05) is 22.7 Å². The number of hydrogen-bond acceptors (Lipinski definition) is 5. The standard InChI is InChI=1S/C27H31N3O4S/c1-19(2)22-8-10-24(11-9-22)35(33,34)29-25-17-23(27(31)32)18-28-26(25)30-14-12-21(13-15-30)16-20-6-4-3-5-7-20/h3-11,17-19,21,29H,12-16H2,1-2H3,(H,31,32). The van der Waals surface area contributed by atoms with Crippen molar-refractivity contribution in [3.05, 3.63) is 83.6 Å². The molecular formula is C27H31N3O4S. The fourth-order valence-electron chi connectivity index (χ4n) is 4.43. The number of nitrogens with zero attached hydrogens (tertiary/aromatic N) is 2. The largest absolute Gasteiger partial charge is 0.478 e. The van der Waals surface area contributed by atoms with Crippen molar-refractivity contribution < 1.29 is 18.3 Å². The number of aromatic nitrogens is 1. The first-order valence-electron chi connectivity index (χ1n) is 11.9. The molecule has 0 unspecified atom stereocenters. The molecule has 0 radical (unpaired) electrons. The molecular weight excluding hydrogens is 462 g/mol. The van der Waals surface area contributed by atoms with Crippen molar-refractivity contribution >= 4 is 27.5 Å². The Balaban J connectivity index is 1.54. The van der Waals surface area contributed by atoms with Crippen LogP contribution in [0.3, 0.4) is 0 Å². The Labute approximate surface area is 206 Å². The monoisotopic (exact) mass is 493 g/mol. The highest BCUT2D eigenvalue weighted by Crippen LogP contribution is 2.32. The Kier molecular flexibility index (Phi) is 7.40. The van der Waals surface area contributed by atoms with E-state index in [4.69, 9.17) is 0 Å². The molecule has 0 bridgehead atoms. The number of aromatic carboxylic acids is 1. The molecule has 2 aromatic carbocycles. The van der Waals surface area contributed by atoms with E-state index in [0.29, 0.717) is 24.8 Å². The number of hydrogen-bond donors (Lipinski definition) is 2. The highest BCUT2D eigenvalue weighted by atomic mass is 32.2. The molecule has 1 fully saturated rings. The molecule has 1 aliphatic rings. The molecule has 2 heterocycles. The first-order valence-corrected chi connectivity index (χ1v) is 13.4. The lowest BCUT2D eigenvalue weighted by atomic mass is 9.90.